The first-order valence-corrected chi connectivity index (χ1v) is 7.12. The van der Waals surface area contributed by atoms with Crippen LogP contribution in [0.4, 0.5) is 0 Å². The standard InChI is InChI=1S/C14H19Cl2N/c1-3-9-8-14(9)17-13(4-2)10-5-6-11(15)12(16)7-10/h5-7,9,13-14,17H,3-4,8H2,1-2H3. The summed E-state index contributed by atoms with van der Waals surface area (Å²) < 4.78 is 0. The fourth-order valence-corrected chi connectivity index (χ4v) is 2.65. The first-order valence-electron chi connectivity index (χ1n) is 6.36. The molecule has 1 N–H and O–H groups in total. The van der Waals surface area contributed by atoms with Crippen LogP contribution in [0.25, 0.3) is 0 Å². The molecule has 1 aliphatic carbocycles. The van der Waals surface area contributed by atoms with Crippen LogP contribution >= 0.6 is 23.2 Å². The highest BCUT2D eigenvalue weighted by molar-refractivity contribution is 6.42. The van der Waals surface area contributed by atoms with Crippen molar-refractivity contribution < 1.29 is 0 Å². The van der Waals surface area contributed by atoms with Crippen molar-refractivity contribution in [1.29, 1.82) is 0 Å². The van der Waals surface area contributed by atoms with E-state index in [0.717, 1.165) is 12.3 Å². The maximum Gasteiger partial charge on any atom is 0.0595 e. The van der Waals surface area contributed by atoms with Crippen LogP contribution in [0.5, 0.6) is 0 Å². The van der Waals surface area contributed by atoms with Crippen molar-refractivity contribution >= 4 is 23.2 Å². The molecular weight excluding hydrogens is 253 g/mol. The van der Waals surface area contributed by atoms with E-state index in [1.807, 2.05) is 12.1 Å². The van der Waals surface area contributed by atoms with E-state index >= 15 is 0 Å². The second-order valence-electron chi connectivity index (χ2n) is 4.81. The van der Waals surface area contributed by atoms with Crippen molar-refractivity contribution in [2.75, 3.05) is 0 Å². The van der Waals surface area contributed by atoms with Crippen LogP contribution in [0.2, 0.25) is 10.0 Å². The summed E-state index contributed by atoms with van der Waals surface area (Å²) in [7, 11) is 0. The van der Waals surface area contributed by atoms with Gasteiger partial charge in [0, 0.05) is 12.1 Å². The smallest absolute Gasteiger partial charge is 0.0595 e. The normalized spacial score (nSPS) is 24.7. The Balaban J connectivity index is 2.04. The van der Waals surface area contributed by atoms with E-state index in [1.54, 1.807) is 0 Å². The van der Waals surface area contributed by atoms with Crippen LogP contribution in [0.3, 0.4) is 0 Å². The lowest BCUT2D eigenvalue weighted by Gasteiger charge is -2.18. The van der Waals surface area contributed by atoms with E-state index in [9.17, 15) is 0 Å². The molecule has 94 valence electrons. The molecule has 17 heavy (non-hydrogen) atoms. The highest BCUT2D eigenvalue weighted by atomic mass is 35.5. The summed E-state index contributed by atoms with van der Waals surface area (Å²) in [4.78, 5) is 0. The second kappa shape index (κ2) is 5.60. The fourth-order valence-electron chi connectivity index (χ4n) is 2.34. The molecule has 2 rings (SSSR count). The summed E-state index contributed by atoms with van der Waals surface area (Å²) in [5.41, 5.74) is 1.24. The molecule has 3 atom stereocenters. The first kappa shape index (κ1) is 13.2. The predicted molar refractivity (Wildman–Crippen MR) is 74.8 cm³/mol. The third-order valence-electron chi connectivity index (χ3n) is 3.62. The number of rotatable bonds is 5. The molecule has 0 spiro atoms. The van der Waals surface area contributed by atoms with E-state index in [0.29, 0.717) is 22.1 Å². The summed E-state index contributed by atoms with van der Waals surface area (Å²) in [6.07, 6.45) is 3.66. The molecule has 1 fully saturated rings. The van der Waals surface area contributed by atoms with Gasteiger partial charge in [-0.3, -0.25) is 0 Å². The van der Waals surface area contributed by atoms with Gasteiger partial charge in [0.1, 0.15) is 0 Å². The van der Waals surface area contributed by atoms with Gasteiger partial charge in [-0.2, -0.15) is 0 Å². The minimum atomic E-state index is 0.395. The maximum atomic E-state index is 6.06. The van der Waals surface area contributed by atoms with E-state index in [4.69, 9.17) is 23.2 Å². The van der Waals surface area contributed by atoms with Crippen LogP contribution in [0, 0.1) is 5.92 Å². The largest absolute Gasteiger partial charge is 0.307 e. The molecule has 0 saturated heterocycles. The SMILES string of the molecule is CCC(NC1CC1CC)c1ccc(Cl)c(Cl)c1. The number of hydrogen-bond donors (Lipinski definition) is 1. The third-order valence-corrected chi connectivity index (χ3v) is 4.36. The Bertz CT molecular complexity index is 392. The molecule has 1 aromatic rings. The number of nitrogens with one attached hydrogen (secondary N) is 1. The van der Waals surface area contributed by atoms with Crippen LogP contribution in [-0.4, -0.2) is 6.04 Å². The molecule has 0 amide bonds. The topological polar surface area (TPSA) is 12.0 Å². The Morgan fingerprint density at radius 1 is 1.29 bits per heavy atom. The first-order chi connectivity index (χ1) is 8.15. The Hall–Kier alpha value is -0.240. The van der Waals surface area contributed by atoms with Crippen molar-refractivity contribution in [3.05, 3.63) is 33.8 Å². The average Bonchev–Trinajstić information content (AvgIpc) is 3.08. The molecule has 1 aliphatic rings. The monoisotopic (exact) mass is 271 g/mol. The van der Waals surface area contributed by atoms with Crippen LogP contribution in [0.1, 0.15) is 44.7 Å². The quantitative estimate of drug-likeness (QED) is 0.809. The summed E-state index contributed by atoms with van der Waals surface area (Å²) in [6, 6.07) is 7.02. The van der Waals surface area contributed by atoms with Gasteiger partial charge >= 0.3 is 0 Å². The zero-order valence-electron chi connectivity index (χ0n) is 10.3. The molecule has 1 nitrogen and oxygen atoms in total. The molecule has 3 unspecified atom stereocenters. The molecule has 0 radical (unpaired) electrons. The molecule has 0 aliphatic heterocycles. The van der Waals surface area contributed by atoms with Gasteiger partial charge in [0.05, 0.1) is 10.0 Å². The minimum Gasteiger partial charge on any atom is -0.307 e. The van der Waals surface area contributed by atoms with Crippen molar-refractivity contribution in [3.8, 4) is 0 Å². The molecule has 0 aromatic heterocycles. The van der Waals surface area contributed by atoms with Gasteiger partial charge in [0.2, 0.25) is 0 Å². The van der Waals surface area contributed by atoms with Gasteiger partial charge in [-0.15, -0.1) is 0 Å². The average molecular weight is 272 g/mol. The van der Waals surface area contributed by atoms with Crippen LogP contribution < -0.4 is 5.32 Å². The summed E-state index contributed by atoms with van der Waals surface area (Å²) in [6.45, 7) is 4.45. The van der Waals surface area contributed by atoms with E-state index < -0.39 is 0 Å². The summed E-state index contributed by atoms with van der Waals surface area (Å²) in [5, 5.41) is 4.98. The molecule has 0 heterocycles. The highest BCUT2D eigenvalue weighted by Crippen LogP contribution is 2.36. The molecule has 1 aromatic carbocycles. The second-order valence-corrected chi connectivity index (χ2v) is 5.63. The van der Waals surface area contributed by atoms with E-state index in [-0.39, 0.29) is 0 Å². The Labute approximate surface area is 114 Å². The van der Waals surface area contributed by atoms with Crippen molar-refractivity contribution in [3.63, 3.8) is 0 Å². The van der Waals surface area contributed by atoms with Crippen molar-refractivity contribution in [1.82, 2.24) is 5.32 Å². The third kappa shape index (κ3) is 3.15. The molecule has 3 heteroatoms. The fraction of sp³-hybridized carbons (Fsp3) is 0.571. The minimum absolute atomic E-state index is 0.395. The Morgan fingerprint density at radius 2 is 2.06 bits per heavy atom. The molecular formula is C14H19Cl2N. The lowest BCUT2D eigenvalue weighted by Crippen LogP contribution is -2.24. The highest BCUT2D eigenvalue weighted by Gasteiger charge is 2.36. The maximum absolute atomic E-state index is 6.06. The predicted octanol–water partition coefficient (Wildman–Crippen LogP) is 4.83. The van der Waals surface area contributed by atoms with Gasteiger partial charge in [-0.05, 0) is 36.5 Å². The van der Waals surface area contributed by atoms with Gasteiger partial charge in [0.25, 0.3) is 0 Å². The zero-order chi connectivity index (χ0) is 12.4. The lowest BCUT2D eigenvalue weighted by molar-refractivity contribution is 0.494. The Kier molecular flexibility index (Phi) is 4.35. The summed E-state index contributed by atoms with van der Waals surface area (Å²) >= 11 is 12.0. The summed E-state index contributed by atoms with van der Waals surface area (Å²) in [5.74, 6) is 0.867. The number of benzene rings is 1. The molecule has 1 saturated carbocycles. The lowest BCUT2D eigenvalue weighted by atomic mass is 10.0. The van der Waals surface area contributed by atoms with Crippen LogP contribution in [-0.2, 0) is 0 Å². The Morgan fingerprint density at radius 3 is 2.59 bits per heavy atom. The number of hydrogen-bond acceptors (Lipinski definition) is 1. The van der Waals surface area contributed by atoms with E-state index in [1.165, 1.54) is 18.4 Å². The molecule has 0 bridgehead atoms. The van der Waals surface area contributed by atoms with Gasteiger partial charge < -0.3 is 5.32 Å². The van der Waals surface area contributed by atoms with Crippen molar-refractivity contribution in [2.24, 2.45) is 5.92 Å². The van der Waals surface area contributed by atoms with Crippen LogP contribution in [0.15, 0.2) is 18.2 Å². The van der Waals surface area contributed by atoms with Gasteiger partial charge in [-0.1, -0.05) is 49.5 Å². The number of halogens is 2. The van der Waals surface area contributed by atoms with Crippen molar-refractivity contribution in [2.45, 2.75) is 45.2 Å². The zero-order valence-corrected chi connectivity index (χ0v) is 11.9. The van der Waals surface area contributed by atoms with Gasteiger partial charge in [-0.25, -0.2) is 0 Å². The van der Waals surface area contributed by atoms with Gasteiger partial charge in [0.15, 0.2) is 0 Å². The van der Waals surface area contributed by atoms with E-state index in [2.05, 4.69) is 25.2 Å².